The van der Waals surface area contributed by atoms with Gasteiger partial charge in [0.2, 0.25) is 0 Å². The second-order valence-electron chi connectivity index (χ2n) is 10.7. The summed E-state index contributed by atoms with van der Waals surface area (Å²) in [6.45, 7) is 0. The van der Waals surface area contributed by atoms with E-state index in [-0.39, 0.29) is 43.6 Å². The number of hydrogen-bond acceptors (Lipinski definition) is 0. The monoisotopic (exact) mass is 588 g/mol. The van der Waals surface area contributed by atoms with E-state index in [1.807, 2.05) is 66.7 Å². The van der Waals surface area contributed by atoms with Crippen molar-refractivity contribution in [3.05, 3.63) is 163 Å². The molecule has 45 heavy (non-hydrogen) atoms. The Morgan fingerprint density at radius 3 is 1.58 bits per heavy atom. The Bertz CT molecular complexity index is 3530. The highest BCUT2D eigenvalue weighted by atomic mass is 15.0. The molecule has 3 nitrogen and oxygen atoms in total. The van der Waals surface area contributed by atoms with Crippen LogP contribution in [0.1, 0.15) is 20.6 Å². The normalized spacial score (nSPS) is 16.7. The molecule has 0 N–H and O–H groups in total. The van der Waals surface area contributed by atoms with Crippen LogP contribution in [-0.4, -0.2) is 13.7 Å². The summed E-state index contributed by atoms with van der Waals surface area (Å²) in [5.74, 6) is 0. The highest BCUT2D eigenvalue weighted by Gasteiger charge is 2.18. The van der Waals surface area contributed by atoms with E-state index >= 15 is 0 Å². The van der Waals surface area contributed by atoms with Crippen LogP contribution in [0, 0.1) is 0 Å². The molecule has 10 rings (SSSR count). The second-order valence-corrected chi connectivity index (χ2v) is 10.7. The van der Waals surface area contributed by atoms with Crippen LogP contribution in [0.5, 0.6) is 0 Å². The second kappa shape index (κ2) is 9.22. The summed E-state index contributed by atoms with van der Waals surface area (Å²) in [4.78, 5) is 0. The molecule has 3 heteroatoms. The SMILES string of the molecule is [2H]c1c([2H])c([2H])c2c(c1[2H])c1c([2H])c(-n3c4c([2H])c([2H])c([2H])c([2H])c4c4c([2H])c([2H])c([2H])c([2H])c43)c([2H])c([2H])c1n2-c1ccc2c3ccccc3n(-c3ccccc3)c2c1. The van der Waals surface area contributed by atoms with Gasteiger partial charge < -0.3 is 13.7 Å². The Hall–Kier alpha value is -6.06. The van der Waals surface area contributed by atoms with E-state index in [1.165, 1.54) is 4.57 Å². The predicted molar refractivity (Wildman–Crippen MR) is 189 cm³/mol. The summed E-state index contributed by atoms with van der Waals surface area (Å²) in [7, 11) is 0. The number of nitrogens with zero attached hydrogens (tertiary/aromatic N) is 3. The molecule has 0 saturated carbocycles. The molecule has 0 saturated heterocycles. The maximum Gasteiger partial charge on any atom is 0.0652 e. The van der Waals surface area contributed by atoms with Crippen molar-refractivity contribution in [1.29, 1.82) is 0 Å². The fourth-order valence-corrected chi connectivity index (χ4v) is 6.47. The van der Waals surface area contributed by atoms with Crippen molar-refractivity contribution in [2.24, 2.45) is 0 Å². The number of aromatic nitrogens is 3. The van der Waals surface area contributed by atoms with Crippen molar-refractivity contribution >= 4 is 65.4 Å². The Balaban J connectivity index is 1.42. The predicted octanol–water partition coefficient (Wildman–Crippen LogP) is 11.0. The molecule has 0 aliphatic heterocycles. The molecule has 0 bridgehead atoms. The van der Waals surface area contributed by atoms with E-state index in [4.69, 9.17) is 13.7 Å². The van der Waals surface area contributed by atoms with Crippen LogP contribution >= 0.6 is 0 Å². The van der Waals surface area contributed by atoms with Gasteiger partial charge in [0.15, 0.2) is 0 Å². The van der Waals surface area contributed by atoms with Crippen LogP contribution in [0.4, 0.5) is 0 Å². The fourth-order valence-electron chi connectivity index (χ4n) is 6.47. The van der Waals surface area contributed by atoms with Crippen LogP contribution in [0.25, 0.3) is 82.5 Å². The molecule has 0 atom stereocenters. The van der Waals surface area contributed by atoms with Crippen molar-refractivity contribution < 1.29 is 20.6 Å². The van der Waals surface area contributed by atoms with Gasteiger partial charge in [-0.1, -0.05) is 96.8 Å². The number of rotatable bonds is 3. The summed E-state index contributed by atoms with van der Waals surface area (Å²) < 4.78 is 139. The van der Waals surface area contributed by atoms with Crippen molar-refractivity contribution in [3.8, 4) is 17.1 Å². The average Bonchev–Trinajstić information content (AvgIpc) is 3.91. The molecular weight excluding hydrogens is 546 g/mol. The quantitative estimate of drug-likeness (QED) is 0.195. The summed E-state index contributed by atoms with van der Waals surface area (Å²) in [6.07, 6.45) is 0. The molecule has 0 radical (unpaired) electrons. The lowest BCUT2D eigenvalue weighted by Crippen LogP contribution is -1.97. The third-order valence-electron chi connectivity index (χ3n) is 8.33. The number of benzene rings is 7. The van der Waals surface area contributed by atoms with Gasteiger partial charge in [-0.2, -0.15) is 0 Å². The van der Waals surface area contributed by atoms with Gasteiger partial charge in [-0.05, 0) is 66.6 Å². The number of hydrogen-bond donors (Lipinski definition) is 0. The van der Waals surface area contributed by atoms with Crippen molar-refractivity contribution in [1.82, 2.24) is 13.7 Å². The Morgan fingerprint density at radius 1 is 0.333 bits per heavy atom. The molecule has 0 spiro atoms. The van der Waals surface area contributed by atoms with Gasteiger partial charge in [0.1, 0.15) is 0 Å². The molecule has 0 aliphatic carbocycles. The van der Waals surface area contributed by atoms with Crippen molar-refractivity contribution in [2.45, 2.75) is 0 Å². The molecule has 0 fully saturated rings. The molecule has 0 unspecified atom stereocenters. The minimum absolute atomic E-state index is 0.0812. The van der Waals surface area contributed by atoms with E-state index < -0.39 is 96.3 Å². The lowest BCUT2D eigenvalue weighted by atomic mass is 10.1. The Kier molecular flexibility index (Phi) is 2.90. The van der Waals surface area contributed by atoms with Gasteiger partial charge in [0.25, 0.3) is 0 Å². The van der Waals surface area contributed by atoms with Crippen LogP contribution in [0.15, 0.2) is 163 Å². The topological polar surface area (TPSA) is 14.8 Å². The van der Waals surface area contributed by atoms with Crippen molar-refractivity contribution in [3.63, 3.8) is 0 Å². The van der Waals surface area contributed by atoms with E-state index in [1.54, 1.807) is 6.07 Å². The van der Waals surface area contributed by atoms with E-state index in [2.05, 4.69) is 4.57 Å². The first kappa shape index (κ1) is 14.1. The first-order valence-electron chi connectivity index (χ1n) is 21.7. The van der Waals surface area contributed by atoms with Gasteiger partial charge in [-0.15, -0.1) is 0 Å². The third kappa shape index (κ3) is 3.41. The standard InChI is InChI=1S/C42H27N3/c1-2-12-28(13-3-1)43-37-18-8-6-16-33(37)35-24-22-30(27-42(35)43)45-40-21-11-7-17-34(40)36-26-29(23-25-41(36)45)44-38-19-9-4-14-31(38)32-15-5-10-20-39(32)44/h1-27H/i4D,5D,7D,9D,10D,11D,14D,15D,17D,19D,20D,21D,23D,25D,26D. The Morgan fingerprint density at radius 2 is 0.867 bits per heavy atom. The average molecular weight is 589 g/mol. The smallest absolute Gasteiger partial charge is 0.0652 e. The highest BCUT2D eigenvalue weighted by molar-refractivity contribution is 6.13. The minimum Gasteiger partial charge on any atom is -0.309 e. The molecule has 210 valence electrons. The molecule has 3 aromatic heterocycles. The molecule has 0 amide bonds. The molecular formula is C42H27N3. The zero-order valence-corrected chi connectivity index (χ0v) is 23.3. The van der Waals surface area contributed by atoms with Crippen molar-refractivity contribution in [2.75, 3.05) is 0 Å². The van der Waals surface area contributed by atoms with E-state index in [0.717, 1.165) is 32.1 Å². The highest BCUT2D eigenvalue weighted by Crippen LogP contribution is 2.39. The maximum atomic E-state index is 9.87. The van der Waals surface area contributed by atoms with Crippen LogP contribution in [0.3, 0.4) is 0 Å². The zero-order chi connectivity index (χ0) is 42.5. The minimum atomic E-state index is -0.703. The van der Waals surface area contributed by atoms with Crippen LogP contribution < -0.4 is 0 Å². The molecule has 10 aromatic rings. The number of para-hydroxylation sites is 5. The largest absolute Gasteiger partial charge is 0.309 e. The first-order chi connectivity index (χ1) is 28.6. The Labute approximate surface area is 280 Å². The maximum absolute atomic E-state index is 9.87. The van der Waals surface area contributed by atoms with Gasteiger partial charge >= 0.3 is 0 Å². The van der Waals surface area contributed by atoms with Crippen LogP contribution in [0.2, 0.25) is 0 Å². The molecule has 0 aliphatic rings. The summed E-state index contributed by atoms with van der Waals surface area (Å²) in [5, 5.41) is 0.941. The lowest BCUT2D eigenvalue weighted by molar-refractivity contribution is 1.15. The summed E-state index contributed by atoms with van der Waals surface area (Å²) >= 11 is 0. The van der Waals surface area contributed by atoms with Gasteiger partial charge in [-0.25, -0.2) is 0 Å². The van der Waals surface area contributed by atoms with Gasteiger partial charge in [0.05, 0.1) is 53.7 Å². The number of fused-ring (bicyclic) bond motifs is 9. The zero-order valence-electron chi connectivity index (χ0n) is 38.3. The van der Waals surface area contributed by atoms with Crippen LogP contribution in [-0.2, 0) is 0 Å². The van der Waals surface area contributed by atoms with Gasteiger partial charge in [-0.3, -0.25) is 0 Å². The first-order valence-corrected chi connectivity index (χ1v) is 14.2. The lowest BCUT2D eigenvalue weighted by Gasteiger charge is -2.12. The van der Waals surface area contributed by atoms with E-state index in [0.29, 0.717) is 5.69 Å². The van der Waals surface area contributed by atoms with Gasteiger partial charge in [0, 0.05) is 49.4 Å². The van der Waals surface area contributed by atoms with E-state index in [9.17, 15) is 6.85 Å². The molecule has 7 aromatic carbocycles. The summed E-state index contributed by atoms with van der Waals surface area (Å²) in [6, 6.07) is 13.6. The molecule has 3 heterocycles. The third-order valence-corrected chi connectivity index (χ3v) is 8.33. The summed E-state index contributed by atoms with van der Waals surface area (Å²) in [5.41, 5.74) is 1.45. The fraction of sp³-hybridized carbons (Fsp3) is 0.